The second-order valence-electron chi connectivity index (χ2n) is 8.18. The highest BCUT2D eigenvalue weighted by Crippen LogP contribution is 2.31. The van der Waals surface area contributed by atoms with Crippen molar-refractivity contribution in [2.45, 2.75) is 4.90 Å². The quantitative estimate of drug-likeness (QED) is 0.337. The fourth-order valence-corrected chi connectivity index (χ4v) is 5.92. The monoisotopic (exact) mass is 539 g/mol. The minimum absolute atomic E-state index is 0.0859. The van der Waals surface area contributed by atoms with Gasteiger partial charge in [-0.3, -0.25) is 4.79 Å². The number of rotatable bonds is 5. The molecule has 0 aromatic heterocycles. The first kappa shape index (κ1) is 24.4. The van der Waals surface area contributed by atoms with Crippen molar-refractivity contribution in [2.75, 3.05) is 31.1 Å². The molecule has 1 amide bonds. The average Bonchev–Trinajstić information content (AvgIpc) is 3.26. The molecule has 7 nitrogen and oxygen atoms in total. The van der Waals surface area contributed by atoms with Crippen LogP contribution in [0.3, 0.4) is 0 Å². The highest BCUT2D eigenvalue weighted by Gasteiger charge is 2.28. The third-order valence-corrected chi connectivity index (χ3v) is 8.32. The largest absolute Gasteiger partial charge is 0.379 e. The predicted octanol–water partition coefficient (Wildman–Crippen LogP) is 4.90. The molecule has 0 unspecified atom stereocenters. The molecule has 0 aliphatic carbocycles. The molecule has 1 saturated heterocycles. The number of anilines is 1. The number of benzene rings is 3. The van der Waals surface area contributed by atoms with Crippen molar-refractivity contribution in [2.24, 2.45) is 4.99 Å². The number of hydrogen-bond acceptors (Lipinski definition) is 7. The zero-order valence-electron chi connectivity index (χ0n) is 19.1. The van der Waals surface area contributed by atoms with E-state index in [4.69, 9.17) is 15.8 Å². The summed E-state index contributed by atoms with van der Waals surface area (Å²) in [6.45, 7) is 3.16. The van der Waals surface area contributed by atoms with E-state index in [9.17, 15) is 13.2 Å². The molecule has 36 heavy (non-hydrogen) atoms. The highest BCUT2D eigenvalue weighted by molar-refractivity contribution is 8.18. The molecule has 3 aromatic carbocycles. The molecule has 5 rings (SSSR count). The minimum atomic E-state index is -3.91. The Morgan fingerprint density at radius 3 is 2.17 bits per heavy atom. The average molecular weight is 540 g/mol. The normalized spacial score (nSPS) is 17.4. The van der Waals surface area contributed by atoms with Crippen LogP contribution in [0.4, 0.5) is 5.69 Å². The van der Waals surface area contributed by atoms with Gasteiger partial charge in [-0.15, -0.1) is 0 Å². The van der Waals surface area contributed by atoms with Crippen LogP contribution in [0.1, 0.15) is 5.56 Å². The summed E-state index contributed by atoms with van der Waals surface area (Å²) in [5.74, 6) is -0.0796. The SMILES string of the molecule is O=C1N=C(N2CCN(c3ccc(Cl)cc3)CC2)S/C1=C\c1ccc(OS(=O)(=O)c2ccccc2)cc1. The van der Waals surface area contributed by atoms with Crippen LogP contribution in [-0.2, 0) is 14.9 Å². The number of amidine groups is 1. The van der Waals surface area contributed by atoms with Crippen LogP contribution >= 0.6 is 23.4 Å². The van der Waals surface area contributed by atoms with Gasteiger partial charge in [0.2, 0.25) is 0 Å². The minimum Gasteiger partial charge on any atom is -0.379 e. The van der Waals surface area contributed by atoms with E-state index in [0.29, 0.717) is 15.1 Å². The van der Waals surface area contributed by atoms with Crippen molar-refractivity contribution in [3.05, 3.63) is 94.4 Å². The maximum Gasteiger partial charge on any atom is 0.339 e. The summed E-state index contributed by atoms with van der Waals surface area (Å²) >= 11 is 7.34. The third-order valence-electron chi connectivity index (χ3n) is 5.77. The molecule has 0 saturated carbocycles. The van der Waals surface area contributed by atoms with Crippen LogP contribution in [0.2, 0.25) is 5.02 Å². The molecule has 184 valence electrons. The summed E-state index contributed by atoms with van der Waals surface area (Å²) in [5, 5.41) is 1.42. The van der Waals surface area contributed by atoms with E-state index in [1.165, 1.54) is 23.9 Å². The van der Waals surface area contributed by atoms with Gasteiger partial charge in [-0.1, -0.05) is 41.9 Å². The molecule has 2 heterocycles. The lowest BCUT2D eigenvalue weighted by atomic mass is 10.2. The van der Waals surface area contributed by atoms with Crippen LogP contribution in [-0.4, -0.2) is 50.6 Å². The van der Waals surface area contributed by atoms with Gasteiger partial charge in [-0.05, 0) is 71.9 Å². The van der Waals surface area contributed by atoms with Crippen molar-refractivity contribution >= 4 is 56.3 Å². The molecule has 0 bridgehead atoms. The number of amides is 1. The Hall–Kier alpha value is -3.27. The van der Waals surface area contributed by atoms with Gasteiger partial charge in [0.15, 0.2) is 5.17 Å². The molecule has 10 heteroatoms. The van der Waals surface area contributed by atoms with Gasteiger partial charge in [0.1, 0.15) is 10.6 Å². The Labute approximate surface area is 219 Å². The molecular formula is C26H22ClN3O4S2. The van der Waals surface area contributed by atoms with E-state index in [0.717, 1.165) is 37.4 Å². The van der Waals surface area contributed by atoms with Crippen molar-refractivity contribution < 1.29 is 17.4 Å². The maximum atomic E-state index is 12.5. The predicted molar refractivity (Wildman–Crippen MR) is 144 cm³/mol. The smallest absolute Gasteiger partial charge is 0.339 e. The van der Waals surface area contributed by atoms with Gasteiger partial charge in [-0.2, -0.15) is 13.4 Å². The first-order valence-corrected chi connectivity index (χ1v) is 13.9. The third kappa shape index (κ3) is 5.59. The number of halogens is 1. The van der Waals surface area contributed by atoms with Crippen LogP contribution in [0.5, 0.6) is 5.75 Å². The number of carbonyl (C=O) groups excluding carboxylic acids is 1. The van der Waals surface area contributed by atoms with Crippen molar-refractivity contribution in [1.82, 2.24) is 4.90 Å². The highest BCUT2D eigenvalue weighted by atomic mass is 35.5. The number of piperazine rings is 1. The van der Waals surface area contributed by atoms with E-state index in [-0.39, 0.29) is 16.6 Å². The molecular weight excluding hydrogens is 518 g/mol. The molecule has 2 aliphatic heterocycles. The zero-order valence-corrected chi connectivity index (χ0v) is 21.5. The molecule has 0 spiro atoms. The lowest BCUT2D eigenvalue weighted by Crippen LogP contribution is -2.47. The van der Waals surface area contributed by atoms with E-state index >= 15 is 0 Å². The van der Waals surface area contributed by atoms with E-state index in [1.54, 1.807) is 48.5 Å². The Kier molecular flexibility index (Phi) is 7.04. The lowest BCUT2D eigenvalue weighted by molar-refractivity contribution is -0.113. The van der Waals surface area contributed by atoms with Gasteiger partial charge >= 0.3 is 10.1 Å². The molecule has 0 atom stereocenters. The molecule has 0 radical (unpaired) electrons. The first-order chi connectivity index (χ1) is 17.4. The van der Waals surface area contributed by atoms with Gasteiger partial charge in [0.25, 0.3) is 5.91 Å². The summed E-state index contributed by atoms with van der Waals surface area (Å²) in [5.41, 5.74) is 1.88. The first-order valence-electron chi connectivity index (χ1n) is 11.2. The summed E-state index contributed by atoms with van der Waals surface area (Å²) in [4.78, 5) is 21.8. The Balaban J connectivity index is 1.19. The number of nitrogens with zero attached hydrogens (tertiary/aromatic N) is 3. The van der Waals surface area contributed by atoms with E-state index < -0.39 is 10.1 Å². The fraction of sp³-hybridized carbons (Fsp3) is 0.154. The van der Waals surface area contributed by atoms with E-state index in [2.05, 4.69) is 14.8 Å². The number of thioether (sulfide) groups is 1. The maximum absolute atomic E-state index is 12.5. The fourth-order valence-electron chi connectivity index (χ4n) is 3.87. The molecule has 2 aliphatic rings. The van der Waals surface area contributed by atoms with Crippen molar-refractivity contribution in [3.63, 3.8) is 0 Å². The van der Waals surface area contributed by atoms with Gasteiger partial charge in [0, 0.05) is 36.9 Å². The van der Waals surface area contributed by atoms with Gasteiger partial charge in [-0.25, -0.2) is 0 Å². The second-order valence-corrected chi connectivity index (χ2v) is 11.2. The molecule has 0 N–H and O–H groups in total. The number of aliphatic imine (C=N–C) groups is 1. The van der Waals surface area contributed by atoms with Crippen molar-refractivity contribution in [3.8, 4) is 5.75 Å². The van der Waals surface area contributed by atoms with Crippen LogP contribution in [0.15, 0.2) is 93.7 Å². The van der Waals surface area contributed by atoms with Crippen LogP contribution < -0.4 is 9.08 Å². The van der Waals surface area contributed by atoms with Crippen molar-refractivity contribution in [1.29, 1.82) is 0 Å². The Morgan fingerprint density at radius 1 is 0.861 bits per heavy atom. The van der Waals surface area contributed by atoms with Crippen LogP contribution in [0, 0.1) is 0 Å². The molecule has 1 fully saturated rings. The number of hydrogen-bond donors (Lipinski definition) is 0. The Morgan fingerprint density at radius 2 is 1.50 bits per heavy atom. The zero-order chi connectivity index (χ0) is 25.1. The molecule has 3 aromatic rings. The van der Waals surface area contributed by atoms with Gasteiger partial charge < -0.3 is 14.0 Å². The summed E-state index contributed by atoms with van der Waals surface area (Å²) < 4.78 is 30.0. The summed E-state index contributed by atoms with van der Waals surface area (Å²) in [6.07, 6.45) is 1.75. The second kappa shape index (κ2) is 10.4. The van der Waals surface area contributed by atoms with Crippen LogP contribution in [0.25, 0.3) is 6.08 Å². The van der Waals surface area contributed by atoms with E-state index in [1.807, 2.05) is 24.3 Å². The standard InChI is InChI=1S/C26H22ClN3O4S2/c27-20-8-10-21(11-9-20)29-14-16-30(17-15-29)26-28-25(31)24(35-26)18-19-6-12-22(13-7-19)34-36(32,33)23-4-2-1-3-5-23/h1-13,18H,14-17H2/b24-18-. The lowest BCUT2D eigenvalue weighted by Gasteiger charge is -2.36. The Bertz CT molecular complexity index is 1420. The topological polar surface area (TPSA) is 79.3 Å². The number of carbonyl (C=O) groups is 1. The summed E-state index contributed by atoms with van der Waals surface area (Å²) in [7, 11) is -3.91. The van der Waals surface area contributed by atoms with Gasteiger partial charge in [0.05, 0.1) is 4.91 Å². The summed E-state index contributed by atoms with van der Waals surface area (Å²) in [6, 6.07) is 22.3.